The van der Waals surface area contributed by atoms with Crippen LogP contribution in [0.1, 0.15) is 32.1 Å². The largest absolute Gasteiger partial charge is 0.353 e. The van der Waals surface area contributed by atoms with E-state index in [1.807, 2.05) is 0 Å². The van der Waals surface area contributed by atoms with Crippen LogP contribution in [0.5, 0.6) is 0 Å². The number of carbonyl (C=O) groups excluding carboxylic acids is 1. The van der Waals surface area contributed by atoms with E-state index in [2.05, 4.69) is 16.0 Å². The highest BCUT2D eigenvalue weighted by molar-refractivity contribution is 5.81. The molecule has 0 aromatic rings. The molecule has 2 atom stereocenters. The predicted octanol–water partition coefficient (Wildman–Crippen LogP) is -0.00330. The molecule has 2 unspecified atom stereocenters. The monoisotopic (exact) mass is 211 g/mol. The molecule has 3 N–H and O–H groups in total. The van der Waals surface area contributed by atoms with E-state index >= 15 is 0 Å². The maximum absolute atomic E-state index is 11.8. The van der Waals surface area contributed by atoms with Crippen molar-refractivity contribution in [1.82, 2.24) is 16.0 Å². The zero-order valence-corrected chi connectivity index (χ0v) is 9.22. The molecule has 0 aromatic carbocycles. The summed E-state index contributed by atoms with van der Waals surface area (Å²) in [6, 6.07) is 0.553. The molecule has 2 saturated heterocycles. The van der Waals surface area contributed by atoms with Gasteiger partial charge in [-0.3, -0.25) is 4.79 Å². The Balaban J connectivity index is 1.66. The Morgan fingerprint density at radius 1 is 1.13 bits per heavy atom. The molecule has 15 heavy (non-hydrogen) atoms. The van der Waals surface area contributed by atoms with Gasteiger partial charge < -0.3 is 16.0 Å². The summed E-state index contributed by atoms with van der Waals surface area (Å²) in [5.74, 6) is 0.184. The topological polar surface area (TPSA) is 53.2 Å². The van der Waals surface area contributed by atoms with Crippen LogP contribution in [0.15, 0.2) is 0 Å². The summed E-state index contributed by atoms with van der Waals surface area (Å²) >= 11 is 0. The average Bonchev–Trinajstić information content (AvgIpc) is 2.80. The molecule has 1 amide bonds. The third-order valence-corrected chi connectivity index (χ3v) is 3.31. The Morgan fingerprint density at radius 3 is 2.67 bits per heavy atom. The fraction of sp³-hybridized carbons (Fsp3) is 0.909. The lowest BCUT2D eigenvalue weighted by Gasteiger charge is -2.23. The minimum absolute atomic E-state index is 0.0557. The Labute approximate surface area is 91.2 Å². The summed E-state index contributed by atoms with van der Waals surface area (Å²) in [4.78, 5) is 11.8. The number of carbonyl (C=O) groups is 1. The molecule has 2 aliphatic heterocycles. The summed E-state index contributed by atoms with van der Waals surface area (Å²) in [6.07, 6.45) is 5.80. The van der Waals surface area contributed by atoms with Gasteiger partial charge in [-0.2, -0.15) is 0 Å². The highest BCUT2D eigenvalue weighted by atomic mass is 16.2. The first-order chi connectivity index (χ1) is 7.36. The number of piperidine rings is 1. The zero-order chi connectivity index (χ0) is 10.5. The molecule has 0 bridgehead atoms. The van der Waals surface area contributed by atoms with Gasteiger partial charge in [0.05, 0.1) is 6.04 Å². The molecule has 86 valence electrons. The fourth-order valence-electron chi connectivity index (χ4n) is 2.35. The minimum Gasteiger partial charge on any atom is -0.353 e. The summed E-state index contributed by atoms with van der Waals surface area (Å²) in [5, 5.41) is 9.67. The summed E-state index contributed by atoms with van der Waals surface area (Å²) < 4.78 is 0. The normalized spacial score (nSPS) is 31.5. The molecule has 0 spiro atoms. The molecule has 0 radical (unpaired) electrons. The maximum atomic E-state index is 11.8. The summed E-state index contributed by atoms with van der Waals surface area (Å²) in [7, 11) is 0. The van der Waals surface area contributed by atoms with Gasteiger partial charge >= 0.3 is 0 Å². The second kappa shape index (κ2) is 5.47. The smallest absolute Gasteiger partial charge is 0.237 e. The van der Waals surface area contributed by atoms with Gasteiger partial charge in [-0.25, -0.2) is 0 Å². The maximum Gasteiger partial charge on any atom is 0.237 e. The molecule has 0 aliphatic carbocycles. The predicted molar refractivity (Wildman–Crippen MR) is 59.7 cm³/mol. The third kappa shape index (κ3) is 3.18. The standard InChI is InChI=1S/C11H21N3O/c15-11(10-5-1-2-6-13-10)14-8-9-4-3-7-12-9/h9-10,12-13H,1-8H2,(H,14,15). The van der Waals surface area contributed by atoms with Crippen molar-refractivity contribution in [1.29, 1.82) is 0 Å². The number of amides is 1. The van der Waals surface area contributed by atoms with E-state index < -0.39 is 0 Å². The van der Waals surface area contributed by atoms with Crippen LogP contribution in [0.25, 0.3) is 0 Å². The van der Waals surface area contributed by atoms with Gasteiger partial charge in [-0.1, -0.05) is 6.42 Å². The molecule has 4 nitrogen and oxygen atoms in total. The van der Waals surface area contributed by atoms with E-state index in [0.717, 1.165) is 26.1 Å². The first-order valence-corrected chi connectivity index (χ1v) is 6.11. The van der Waals surface area contributed by atoms with Crippen LogP contribution in [-0.2, 0) is 4.79 Å². The number of rotatable bonds is 3. The molecule has 2 heterocycles. The Kier molecular flexibility index (Phi) is 3.97. The van der Waals surface area contributed by atoms with Gasteiger partial charge in [-0.15, -0.1) is 0 Å². The lowest BCUT2D eigenvalue weighted by atomic mass is 10.0. The number of hydrogen-bond donors (Lipinski definition) is 3. The molecule has 0 aromatic heterocycles. The van der Waals surface area contributed by atoms with Crippen molar-refractivity contribution in [2.75, 3.05) is 19.6 Å². The zero-order valence-electron chi connectivity index (χ0n) is 9.22. The van der Waals surface area contributed by atoms with Crippen LogP contribution in [-0.4, -0.2) is 37.6 Å². The van der Waals surface area contributed by atoms with Crippen molar-refractivity contribution in [3.8, 4) is 0 Å². The van der Waals surface area contributed by atoms with Crippen molar-refractivity contribution in [3.63, 3.8) is 0 Å². The molecular weight excluding hydrogens is 190 g/mol. The van der Waals surface area contributed by atoms with Crippen LogP contribution in [0.2, 0.25) is 0 Å². The summed E-state index contributed by atoms with van der Waals surface area (Å²) in [5.41, 5.74) is 0. The van der Waals surface area contributed by atoms with E-state index in [9.17, 15) is 4.79 Å². The van der Waals surface area contributed by atoms with E-state index in [0.29, 0.717) is 6.04 Å². The van der Waals surface area contributed by atoms with Crippen LogP contribution < -0.4 is 16.0 Å². The Morgan fingerprint density at radius 2 is 2.00 bits per heavy atom. The lowest BCUT2D eigenvalue weighted by molar-refractivity contribution is -0.123. The molecular formula is C11H21N3O. The van der Waals surface area contributed by atoms with Gasteiger partial charge in [0.25, 0.3) is 0 Å². The van der Waals surface area contributed by atoms with E-state index in [-0.39, 0.29) is 11.9 Å². The SMILES string of the molecule is O=C(NCC1CCCN1)C1CCCCN1. The van der Waals surface area contributed by atoms with E-state index in [1.54, 1.807) is 0 Å². The average molecular weight is 211 g/mol. The number of hydrogen-bond acceptors (Lipinski definition) is 3. The molecule has 2 rings (SSSR count). The molecule has 2 aliphatic rings. The van der Waals surface area contributed by atoms with Gasteiger partial charge in [-0.05, 0) is 38.8 Å². The van der Waals surface area contributed by atoms with Crippen LogP contribution in [0.4, 0.5) is 0 Å². The van der Waals surface area contributed by atoms with Crippen LogP contribution in [0, 0.1) is 0 Å². The lowest BCUT2D eigenvalue weighted by Crippen LogP contribution is -2.49. The summed E-state index contributed by atoms with van der Waals surface area (Å²) in [6.45, 7) is 2.87. The molecule has 4 heteroatoms. The Hall–Kier alpha value is -0.610. The second-order valence-corrected chi connectivity index (χ2v) is 4.54. The van der Waals surface area contributed by atoms with Crippen molar-refractivity contribution < 1.29 is 4.79 Å². The minimum atomic E-state index is 0.0557. The van der Waals surface area contributed by atoms with Gasteiger partial charge in [0.1, 0.15) is 0 Å². The van der Waals surface area contributed by atoms with Gasteiger partial charge in [0, 0.05) is 12.6 Å². The van der Waals surface area contributed by atoms with Gasteiger partial charge in [0.2, 0.25) is 5.91 Å². The Bertz CT molecular complexity index is 208. The highest BCUT2D eigenvalue weighted by Crippen LogP contribution is 2.07. The van der Waals surface area contributed by atoms with Crippen LogP contribution >= 0.6 is 0 Å². The third-order valence-electron chi connectivity index (χ3n) is 3.31. The van der Waals surface area contributed by atoms with Gasteiger partial charge in [0.15, 0.2) is 0 Å². The quantitative estimate of drug-likeness (QED) is 0.616. The molecule has 0 saturated carbocycles. The van der Waals surface area contributed by atoms with Crippen molar-refractivity contribution in [2.24, 2.45) is 0 Å². The van der Waals surface area contributed by atoms with Crippen molar-refractivity contribution in [2.45, 2.75) is 44.2 Å². The number of nitrogens with one attached hydrogen (secondary N) is 3. The van der Waals surface area contributed by atoms with E-state index in [1.165, 1.54) is 25.7 Å². The van der Waals surface area contributed by atoms with Crippen molar-refractivity contribution >= 4 is 5.91 Å². The first-order valence-electron chi connectivity index (χ1n) is 6.11. The van der Waals surface area contributed by atoms with E-state index in [4.69, 9.17) is 0 Å². The van der Waals surface area contributed by atoms with Crippen LogP contribution in [0.3, 0.4) is 0 Å². The second-order valence-electron chi connectivity index (χ2n) is 4.54. The molecule has 2 fully saturated rings. The van der Waals surface area contributed by atoms with Crippen molar-refractivity contribution in [3.05, 3.63) is 0 Å². The highest BCUT2D eigenvalue weighted by Gasteiger charge is 2.21. The first kappa shape index (κ1) is 10.9. The fourth-order valence-corrected chi connectivity index (χ4v) is 2.35.